The van der Waals surface area contributed by atoms with Crippen LogP contribution in [0.4, 0.5) is 5.13 Å². The highest BCUT2D eigenvalue weighted by atomic mass is 35.5. The van der Waals surface area contributed by atoms with Crippen molar-refractivity contribution in [2.45, 2.75) is 13.3 Å². The summed E-state index contributed by atoms with van der Waals surface area (Å²) in [6, 6.07) is 15.7. The van der Waals surface area contributed by atoms with Gasteiger partial charge in [0.2, 0.25) is 0 Å². The van der Waals surface area contributed by atoms with Crippen LogP contribution in [0.3, 0.4) is 0 Å². The molecule has 0 N–H and O–H groups in total. The van der Waals surface area contributed by atoms with Crippen molar-refractivity contribution in [2.24, 2.45) is 0 Å². The van der Waals surface area contributed by atoms with Crippen molar-refractivity contribution >= 4 is 56.0 Å². The average molecular weight is 472 g/mol. The molecule has 0 unspecified atom stereocenters. The summed E-state index contributed by atoms with van der Waals surface area (Å²) in [6.07, 6.45) is 0.862. The maximum absolute atomic E-state index is 13.5. The number of benzene rings is 2. The number of rotatable bonds is 6. The fraction of sp³-hybridized carbons (Fsp3) is 0.333. The van der Waals surface area contributed by atoms with E-state index in [1.807, 2.05) is 36.4 Å². The van der Waals surface area contributed by atoms with E-state index in [-0.39, 0.29) is 18.3 Å². The van der Waals surface area contributed by atoms with Crippen molar-refractivity contribution in [3.8, 4) is 0 Å². The third-order valence-electron chi connectivity index (χ3n) is 5.60. The number of aromatic nitrogens is 1. The average Bonchev–Trinajstić information content (AvgIpc) is 3.40. The van der Waals surface area contributed by atoms with Crippen molar-refractivity contribution in [2.75, 3.05) is 44.3 Å². The van der Waals surface area contributed by atoms with Crippen molar-refractivity contribution in [3.63, 3.8) is 0 Å². The zero-order valence-corrected chi connectivity index (χ0v) is 19.6. The zero-order valence-electron chi connectivity index (χ0n) is 18.0. The number of thiazole rings is 1. The molecule has 6 nitrogen and oxygen atoms in total. The highest BCUT2D eigenvalue weighted by Crippen LogP contribution is 2.31. The SMILES string of the molecule is Cc1ccc2nc(N(CCCN3CCOCC3)C(=O)c3cc4ccccc4o3)sc2c1.Cl. The first-order valence-electron chi connectivity index (χ1n) is 10.7. The molecule has 0 aliphatic carbocycles. The standard InChI is InChI=1S/C24H25N3O3S.ClH/c1-17-7-8-19-22(15-17)31-24(25-19)27(10-4-9-26-11-13-29-14-12-26)23(28)21-16-18-5-2-3-6-20(18)30-21;/h2-3,5-8,15-16H,4,9-14H2,1H3;1H. The van der Waals surface area contributed by atoms with E-state index in [2.05, 4.69) is 24.0 Å². The molecule has 2 aromatic heterocycles. The van der Waals surface area contributed by atoms with E-state index < -0.39 is 0 Å². The summed E-state index contributed by atoms with van der Waals surface area (Å²) in [6.45, 7) is 7.02. The quantitative estimate of drug-likeness (QED) is 0.389. The molecule has 4 aromatic rings. The fourth-order valence-corrected chi connectivity index (χ4v) is 5.00. The number of para-hydroxylation sites is 1. The topological polar surface area (TPSA) is 58.8 Å². The van der Waals surface area contributed by atoms with Gasteiger partial charge >= 0.3 is 0 Å². The molecule has 0 radical (unpaired) electrons. The summed E-state index contributed by atoms with van der Waals surface area (Å²) in [5.41, 5.74) is 2.82. The number of hydrogen-bond acceptors (Lipinski definition) is 6. The zero-order chi connectivity index (χ0) is 21.2. The molecule has 5 rings (SSSR count). The Hall–Kier alpha value is -2.45. The Morgan fingerprint density at radius 1 is 1.16 bits per heavy atom. The second-order valence-electron chi connectivity index (χ2n) is 7.88. The molecule has 168 valence electrons. The monoisotopic (exact) mass is 471 g/mol. The first kappa shape index (κ1) is 22.7. The number of furan rings is 1. The van der Waals surface area contributed by atoms with Crippen molar-refractivity contribution in [1.29, 1.82) is 0 Å². The van der Waals surface area contributed by atoms with E-state index in [1.54, 1.807) is 16.2 Å². The number of amides is 1. The van der Waals surface area contributed by atoms with Crippen LogP contribution in [0.5, 0.6) is 0 Å². The first-order chi connectivity index (χ1) is 15.2. The molecule has 32 heavy (non-hydrogen) atoms. The van der Waals surface area contributed by atoms with Crippen LogP contribution in [0.1, 0.15) is 22.5 Å². The van der Waals surface area contributed by atoms with Crippen LogP contribution in [0.2, 0.25) is 0 Å². The maximum Gasteiger partial charge on any atom is 0.295 e. The normalized spacial score (nSPS) is 14.5. The van der Waals surface area contributed by atoms with Gasteiger partial charge in [-0.3, -0.25) is 14.6 Å². The minimum atomic E-state index is -0.144. The number of halogens is 1. The molecule has 0 atom stereocenters. The van der Waals surface area contributed by atoms with Crippen LogP contribution in [0.15, 0.2) is 52.9 Å². The van der Waals surface area contributed by atoms with E-state index in [0.717, 1.165) is 60.5 Å². The van der Waals surface area contributed by atoms with Gasteiger partial charge in [0.05, 0.1) is 23.4 Å². The van der Waals surface area contributed by atoms with Crippen LogP contribution in [-0.4, -0.2) is 55.2 Å². The number of hydrogen-bond donors (Lipinski definition) is 0. The van der Waals surface area contributed by atoms with Gasteiger partial charge in [-0.15, -0.1) is 12.4 Å². The van der Waals surface area contributed by atoms with Gasteiger partial charge in [0.1, 0.15) is 5.58 Å². The Kier molecular flexibility index (Phi) is 7.10. The molecule has 2 aromatic carbocycles. The Balaban J connectivity index is 0.00000245. The minimum Gasteiger partial charge on any atom is -0.451 e. The highest BCUT2D eigenvalue weighted by molar-refractivity contribution is 7.22. The molecule has 8 heteroatoms. The van der Waals surface area contributed by atoms with Gasteiger partial charge < -0.3 is 9.15 Å². The van der Waals surface area contributed by atoms with E-state index in [4.69, 9.17) is 14.1 Å². The van der Waals surface area contributed by atoms with Crippen molar-refractivity contribution in [1.82, 2.24) is 9.88 Å². The summed E-state index contributed by atoms with van der Waals surface area (Å²) >= 11 is 1.55. The number of morpholine rings is 1. The largest absolute Gasteiger partial charge is 0.451 e. The van der Waals surface area contributed by atoms with Crippen molar-refractivity contribution < 1.29 is 13.9 Å². The number of nitrogens with zero attached hydrogens (tertiary/aromatic N) is 3. The predicted molar refractivity (Wildman–Crippen MR) is 131 cm³/mol. The fourth-order valence-electron chi connectivity index (χ4n) is 3.92. The van der Waals surface area contributed by atoms with Gasteiger partial charge in [-0.25, -0.2) is 4.98 Å². The highest BCUT2D eigenvalue weighted by Gasteiger charge is 2.24. The summed E-state index contributed by atoms with van der Waals surface area (Å²) in [4.78, 5) is 22.4. The molecular formula is C24H26ClN3O3S. The van der Waals surface area contributed by atoms with Gasteiger partial charge in [0.15, 0.2) is 10.9 Å². The number of carbonyl (C=O) groups is 1. The Morgan fingerprint density at radius 3 is 2.78 bits per heavy atom. The molecule has 1 fully saturated rings. The van der Waals surface area contributed by atoms with Crippen LogP contribution < -0.4 is 4.90 Å². The van der Waals surface area contributed by atoms with E-state index >= 15 is 0 Å². The van der Waals surface area contributed by atoms with Gasteiger partial charge in [0, 0.05) is 31.6 Å². The molecular weight excluding hydrogens is 446 g/mol. The van der Waals surface area contributed by atoms with Crippen molar-refractivity contribution in [3.05, 3.63) is 59.9 Å². The smallest absolute Gasteiger partial charge is 0.295 e. The molecule has 1 aliphatic heterocycles. The van der Waals surface area contributed by atoms with E-state index in [1.165, 1.54) is 5.56 Å². The lowest BCUT2D eigenvalue weighted by Crippen LogP contribution is -2.39. The lowest BCUT2D eigenvalue weighted by atomic mass is 10.2. The van der Waals surface area contributed by atoms with Crippen LogP contribution >= 0.6 is 23.7 Å². The Morgan fingerprint density at radius 2 is 1.97 bits per heavy atom. The maximum atomic E-state index is 13.5. The number of ether oxygens (including phenoxy) is 1. The molecule has 1 aliphatic rings. The Labute approximate surface area is 197 Å². The summed E-state index contributed by atoms with van der Waals surface area (Å²) in [5, 5.41) is 1.65. The molecule has 0 spiro atoms. The van der Waals surface area contributed by atoms with Gasteiger partial charge in [-0.05, 0) is 43.2 Å². The molecule has 1 amide bonds. The summed E-state index contributed by atoms with van der Waals surface area (Å²) < 4.78 is 12.4. The van der Waals surface area contributed by atoms with E-state index in [0.29, 0.717) is 17.4 Å². The van der Waals surface area contributed by atoms with E-state index in [9.17, 15) is 4.79 Å². The molecule has 0 bridgehead atoms. The number of aryl methyl sites for hydroxylation is 1. The summed E-state index contributed by atoms with van der Waals surface area (Å²) in [7, 11) is 0. The minimum absolute atomic E-state index is 0. The van der Waals surface area contributed by atoms with Crippen LogP contribution in [0.25, 0.3) is 21.2 Å². The molecule has 0 saturated carbocycles. The van der Waals surface area contributed by atoms with Gasteiger partial charge in [-0.1, -0.05) is 35.6 Å². The molecule has 1 saturated heterocycles. The number of fused-ring (bicyclic) bond motifs is 2. The predicted octanol–water partition coefficient (Wildman–Crippen LogP) is 5.14. The van der Waals surface area contributed by atoms with Gasteiger partial charge in [-0.2, -0.15) is 0 Å². The van der Waals surface area contributed by atoms with Crippen LogP contribution in [0, 0.1) is 6.92 Å². The lowest BCUT2D eigenvalue weighted by Gasteiger charge is -2.27. The Bertz CT molecular complexity index is 1180. The second-order valence-corrected chi connectivity index (χ2v) is 8.89. The third kappa shape index (κ3) is 4.81. The third-order valence-corrected chi connectivity index (χ3v) is 6.65. The lowest BCUT2D eigenvalue weighted by molar-refractivity contribution is 0.0376. The van der Waals surface area contributed by atoms with Gasteiger partial charge in [0.25, 0.3) is 5.91 Å². The first-order valence-corrected chi connectivity index (χ1v) is 11.5. The second kappa shape index (κ2) is 10.0. The number of anilines is 1. The number of carbonyl (C=O) groups excluding carboxylic acids is 1. The van der Waals surface area contributed by atoms with Crippen LogP contribution in [-0.2, 0) is 4.74 Å². The summed E-state index contributed by atoms with van der Waals surface area (Å²) in [5.74, 6) is 0.206. The molecule has 3 heterocycles.